The fourth-order valence-electron chi connectivity index (χ4n) is 6.86. The molecule has 0 aliphatic rings. The first kappa shape index (κ1) is 63.8. The summed E-state index contributed by atoms with van der Waals surface area (Å²) in [6.07, 6.45) is 83.1. The van der Waals surface area contributed by atoms with Crippen molar-refractivity contribution >= 4 is 11.9 Å². The van der Waals surface area contributed by atoms with E-state index in [1.165, 1.54) is 70.6 Å². The third-order valence-electron chi connectivity index (χ3n) is 10.9. The van der Waals surface area contributed by atoms with E-state index in [4.69, 9.17) is 14.2 Å². The van der Waals surface area contributed by atoms with Crippen LogP contribution in [0.15, 0.2) is 146 Å². The van der Waals surface area contributed by atoms with Crippen LogP contribution in [0.5, 0.6) is 0 Å². The van der Waals surface area contributed by atoms with Crippen molar-refractivity contribution in [2.24, 2.45) is 0 Å². The Kier molecular flexibility index (Phi) is 53.6. The fourth-order valence-corrected chi connectivity index (χ4v) is 6.86. The summed E-state index contributed by atoms with van der Waals surface area (Å²) in [5, 5.41) is 0. The van der Waals surface area contributed by atoms with Gasteiger partial charge in [-0.05, 0) is 122 Å². The van der Waals surface area contributed by atoms with Gasteiger partial charge in [-0.2, -0.15) is 0 Å². The molecule has 0 aliphatic carbocycles. The molecule has 0 fully saturated rings. The van der Waals surface area contributed by atoms with E-state index >= 15 is 0 Å². The molecule has 0 aromatic heterocycles. The highest BCUT2D eigenvalue weighted by Crippen LogP contribution is 2.13. The van der Waals surface area contributed by atoms with Gasteiger partial charge < -0.3 is 14.2 Å². The molecule has 5 heteroatoms. The van der Waals surface area contributed by atoms with Crippen molar-refractivity contribution in [1.29, 1.82) is 0 Å². The maximum absolute atomic E-state index is 12.8. The Morgan fingerprint density at radius 1 is 0.338 bits per heavy atom. The molecule has 0 aromatic rings. The highest BCUT2D eigenvalue weighted by Gasteiger charge is 2.17. The summed E-state index contributed by atoms with van der Waals surface area (Å²) >= 11 is 0. The second-order valence-electron chi connectivity index (χ2n) is 17.4. The van der Waals surface area contributed by atoms with Crippen LogP contribution in [0.2, 0.25) is 0 Å². The first-order valence-corrected chi connectivity index (χ1v) is 27.4. The number of ether oxygens (including phenoxy) is 3. The molecule has 0 N–H and O–H groups in total. The lowest BCUT2D eigenvalue weighted by Gasteiger charge is -2.18. The van der Waals surface area contributed by atoms with Gasteiger partial charge in [0.05, 0.1) is 6.61 Å². The number of allylic oxidation sites excluding steroid dienone is 24. The van der Waals surface area contributed by atoms with Crippen LogP contribution in [0.4, 0.5) is 0 Å². The van der Waals surface area contributed by atoms with Gasteiger partial charge >= 0.3 is 11.9 Å². The van der Waals surface area contributed by atoms with Gasteiger partial charge in [0.2, 0.25) is 0 Å². The molecule has 5 nitrogen and oxygen atoms in total. The van der Waals surface area contributed by atoms with Crippen molar-refractivity contribution in [3.63, 3.8) is 0 Å². The number of esters is 2. The monoisotopic (exact) mass is 937 g/mol. The predicted octanol–water partition coefficient (Wildman–Crippen LogP) is 18.9. The van der Waals surface area contributed by atoms with Crippen molar-refractivity contribution < 1.29 is 23.8 Å². The Labute approximate surface area is 419 Å². The number of hydrogen-bond acceptors (Lipinski definition) is 5. The zero-order valence-corrected chi connectivity index (χ0v) is 43.8. The van der Waals surface area contributed by atoms with Crippen molar-refractivity contribution in [1.82, 2.24) is 0 Å². The SMILES string of the molecule is CC/C=C\C/C=C\C/C=C\C/C=C\C/C=C\C/C=C\CCC(=O)OCC(COCCC/C=C\C/C=C\C/C=C\C/C=C\CC)OC(=O)CCCCCCCCCCC/C=C\C/C=C\CCCCC. The summed E-state index contributed by atoms with van der Waals surface area (Å²) in [7, 11) is 0. The minimum Gasteiger partial charge on any atom is -0.462 e. The molecule has 0 aliphatic heterocycles. The molecule has 0 radical (unpaired) electrons. The van der Waals surface area contributed by atoms with Crippen LogP contribution >= 0.6 is 0 Å². The molecule has 0 saturated heterocycles. The molecule has 0 bridgehead atoms. The summed E-state index contributed by atoms with van der Waals surface area (Å²) in [4.78, 5) is 25.4. The van der Waals surface area contributed by atoms with E-state index in [1.54, 1.807) is 0 Å². The molecule has 382 valence electrons. The van der Waals surface area contributed by atoms with E-state index in [0.29, 0.717) is 19.4 Å². The topological polar surface area (TPSA) is 61.8 Å². The molecule has 1 unspecified atom stereocenters. The zero-order valence-electron chi connectivity index (χ0n) is 43.8. The van der Waals surface area contributed by atoms with Gasteiger partial charge in [-0.25, -0.2) is 0 Å². The van der Waals surface area contributed by atoms with Crippen molar-refractivity contribution in [3.05, 3.63) is 146 Å². The number of carbonyl (C=O) groups is 2. The van der Waals surface area contributed by atoms with Crippen LogP contribution in [0.1, 0.15) is 213 Å². The third kappa shape index (κ3) is 54.4. The number of carbonyl (C=O) groups excluding carboxylic acids is 2. The summed E-state index contributed by atoms with van der Waals surface area (Å²) in [5.74, 6) is -0.539. The molecular weight excluding hydrogens is 837 g/mol. The highest BCUT2D eigenvalue weighted by atomic mass is 16.6. The maximum Gasteiger partial charge on any atom is 0.306 e. The van der Waals surface area contributed by atoms with E-state index < -0.39 is 6.10 Å². The second-order valence-corrected chi connectivity index (χ2v) is 17.4. The maximum atomic E-state index is 12.8. The molecule has 0 rings (SSSR count). The lowest BCUT2D eigenvalue weighted by atomic mass is 10.1. The summed E-state index contributed by atoms with van der Waals surface area (Å²) < 4.78 is 17.3. The normalized spacial score (nSPS) is 13.4. The molecule has 0 heterocycles. The number of hydrogen-bond donors (Lipinski definition) is 0. The Bertz CT molecular complexity index is 1480. The van der Waals surface area contributed by atoms with Gasteiger partial charge in [0, 0.05) is 19.4 Å². The molecule has 0 amide bonds. The summed E-state index contributed by atoms with van der Waals surface area (Å²) in [6, 6.07) is 0. The van der Waals surface area contributed by atoms with Crippen LogP contribution in [-0.2, 0) is 23.8 Å². The van der Waals surface area contributed by atoms with Crippen LogP contribution in [-0.4, -0.2) is 37.9 Å². The van der Waals surface area contributed by atoms with E-state index in [0.717, 1.165) is 103 Å². The average molecular weight is 937 g/mol. The Hall–Kier alpha value is -4.22. The molecule has 68 heavy (non-hydrogen) atoms. The first-order valence-electron chi connectivity index (χ1n) is 27.4. The number of unbranched alkanes of at least 4 members (excludes halogenated alkanes) is 13. The fraction of sp³-hybridized carbons (Fsp3) is 0.587. The Balaban J connectivity index is 4.48. The molecule has 1 atom stereocenters. The van der Waals surface area contributed by atoms with Gasteiger partial charge in [-0.1, -0.05) is 224 Å². The highest BCUT2D eigenvalue weighted by molar-refractivity contribution is 5.70. The lowest BCUT2D eigenvalue weighted by molar-refractivity contribution is -0.162. The minimum atomic E-state index is -0.609. The number of rotatable bonds is 48. The van der Waals surface area contributed by atoms with Gasteiger partial charge in [0.15, 0.2) is 6.10 Å². The summed E-state index contributed by atoms with van der Waals surface area (Å²) in [5.41, 5.74) is 0. The van der Waals surface area contributed by atoms with Crippen molar-refractivity contribution in [2.45, 2.75) is 219 Å². The molecular formula is C63H100O5. The van der Waals surface area contributed by atoms with Crippen molar-refractivity contribution in [3.8, 4) is 0 Å². The van der Waals surface area contributed by atoms with Crippen LogP contribution in [0, 0.1) is 0 Å². The van der Waals surface area contributed by atoms with Gasteiger partial charge in [0.25, 0.3) is 0 Å². The van der Waals surface area contributed by atoms with E-state index in [2.05, 4.69) is 161 Å². The van der Waals surface area contributed by atoms with Gasteiger partial charge in [-0.15, -0.1) is 0 Å². The lowest BCUT2D eigenvalue weighted by Crippen LogP contribution is -2.30. The minimum absolute atomic E-state index is 0.0119. The van der Waals surface area contributed by atoms with Gasteiger partial charge in [-0.3, -0.25) is 9.59 Å². The first-order chi connectivity index (χ1) is 33.6. The quantitative estimate of drug-likeness (QED) is 0.0346. The predicted molar refractivity (Wildman–Crippen MR) is 297 cm³/mol. The standard InChI is InChI=1S/C63H100O5/c1-4-7-10-13-16-19-22-25-28-30-32-34-36-38-41-44-47-50-53-56-62(64)67-60-61(59-66-58-55-52-49-46-43-40-27-24-21-18-15-12-9-6-3)68-63(65)57-54-51-48-45-42-39-37-35-33-31-29-26-23-20-17-14-11-8-5-2/h7,9-10,12,16-21,25-29,32,34,38,40-41,46-47,49-50,61H,4-6,8,11,13-15,22-24,30-31,33,35-37,39,42-45,48,51-60H2,1-3H3/b10-7-,12-9-,19-16-,20-17-,21-18-,28-25-,29-26-,34-32-,40-27-,41-38-,49-46-,50-47-. The van der Waals surface area contributed by atoms with Gasteiger partial charge in [0.1, 0.15) is 6.61 Å². The summed E-state index contributed by atoms with van der Waals surface area (Å²) in [6.45, 7) is 7.34. The van der Waals surface area contributed by atoms with Crippen LogP contribution in [0.3, 0.4) is 0 Å². The Morgan fingerprint density at radius 2 is 0.691 bits per heavy atom. The largest absolute Gasteiger partial charge is 0.462 e. The van der Waals surface area contributed by atoms with E-state index in [9.17, 15) is 9.59 Å². The molecule has 0 saturated carbocycles. The van der Waals surface area contributed by atoms with E-state index in [1.807, 2.05) is 6.08 Å². The molecule has 0 spiro atoms. The second kappa shape index (κ2) is 57.1. The van der Waals surface area contributed by atoms with Crippen LogP contribution in [0.25, 0.3) is 0 Å². The van der Waals surface area contributed by atoms with Crippen molar-refractivity contribution in [2.75, 3.05) is 19.8 Å². The molecule has 0 aromatic carbocycles. The Morgan fingerprint density at radius 3 is 1.12 bits per heavy atom. The average Bonchev–Trinajstić information content (AvgIpc) is 3.34. The van der Waals surface area contributed by atoms with Crippen LogP contribution < -0.4 is 0 Å². The third-order valence-corrected chi connectivity index (χ3v) is 10.9. The van der Waals surface area contributed by atoms with E-state index in [-0.39, 0.29) is 31.6 Å². The smallest absolute Gasteiger partial charge is 0.306 e. The zero-order chi connectivity index (χ0) is 49.2.